The van der Waals surface area contributed by atoms with Gasteiger partial charge in [0, 0.05) is 11.0 Å². The monoisotopic (exact) mass is 348 g/mol. The van der Waals surface area contributed by atoms with Crippen molar-refractivity contribution >= 4 is 26.0 Å². The molecule has 1 aromatic rings. The minimum absolute atomic E-state index is 0.359. The quantitative estimate of drug-likeness (QED) is 0.802. The van der Waals surface area contributed by atoms with Crippen LogP contribution in [0, 0.1) is 13.8 Å². The summed E-state index contributed by atoms with van der Waals surface area (Å²) in [5.74, 6) is 0. The van der Waals surface area contributed by atoms with Gasteiger partial charge in [-0.15, -0.1) is 0 Å². The van der Waals surface area contributed by atoms with Gasteiger partial charge in [-0.25, -0.2) is 13.1 Å². The van der Waals surface area contributed by atoms with Gasteiger partial charge >= 0.3 is 0 Å². The van der Waals surface area contributed by atoms with Crippen LogP contribution in [0.4, 0.5) is 0 Å². The van der Waals surface area contributed by atoms with E-state index >= 15 is 0 Å². The molecule has 0 bridgehead atoms. The molecule has 0 heterocycles. The van der Waals surface area contributed by atoms with Crippen molar-refractivity contribution in [3.8, 4) is 0 Å². The van der Waals surface area contributed by atoms with E-state index < -0.39 is 10.0 Å². The van der Waals surface area contributed by atoms with E-state index in [0.717, 1.165) is 28.6 Å². The number of hydrogen-bond acceptors (Lipinski definition) is 3. The molecular formula is C13H21BrN2O2S. The molecule has 6 heteroatoms. The summed E-state index contributed by atoms with van der Waals surface area (Å²) in [7, 11) is 0.520. The second-order valence-electron chi connectivity index (χ2n) is 4.92. The normalized spacial score (nSPS) is 12.1. The minimum Gasteiger partial charge on any atom is -0.309 e. The van der Waals surface area contributed by atoms with Crippen LogP contribution in [0.3, 0.4) is 0 Å². The zero-order valence-corrected chi connectivity index (χ0v) is 14.2. The number of sulfonamides is 1. The van der Waals surface area contributed by atoms with Gasteiger partial charge in [0.25, 0.3) is 0 Å². The maximum absolute atomic E-state index is 12.2. The van der Waals surface area contributed by atoms with Crippen molar-refractivity contribution < 1.29 is 8.42 Å². The van der Waals surface area contributed by atoms with Gasteiger partial charge in [-0.2, -0.15) is 0 Å². The minimum atomic E-state index is -3.42. The molecule has 0 fully saturated rings. The van der Waals surface area contributed by atoms with E-state index in [4.69, 9.17) is 0 Å². The van der Waals surface area contributed by atoms with Crippen LogP contribution >= 0.6 is 15.9 Å². The van der Waals surface area contributed by atoms with Crippen molar-refractivity contribution in [1.29, 1.82) is 0 Å². The van der Waals surface area contributed by atoms with Crippen molar-refractivity contribution in [3.63, 3.8) is 0 Å². The van der Waals surface area contributed by atoms with Gasteiger partial charge in [-0.1, -0.05) is 15.9 Å². The first-order valence-electron chi connectivity index (χ1n) is 6.15. The van der Waals surface area contributed by atoms with Crippen LogP contribution in [-0.2, 0) is 10.0 Å². The second kappa shape index (κ2) is 6.83. The van der Waals surface area contributed by atoms with E-state index in [-0.39, 0.29) is 0 Å². The van der Waals surface area contributed by atoms with Gasteiger partial charge in [0.15, 0.2) is 0 Å². The summed E-state index contributed by atoms with van der Waals surface area (Å²) >= 11 is 3.41. The van der Waals surface area contributed by atoms with Crippen molar-refractivity contribution in [2.24, 2.45) is 0 Å². The molecule has 108 valence electrons. The molecule has 1 N–H and O–H groups in total. The van der Waals surface area contributed by atoms with Gasteiger partial charge in [-0.05, 0) is 64.2 Å². The smallest absolute Gasteiger partial charge is 0.240 e. The van der Waals surface area contributed by atoms with Crippen molar-refractivity contribution in [2.45, 2.75) is 25.2 Å². The van der Waals surface area contributed by atoms with E-state index in [1.807, 2.05) is 32.0 Å². The molecule has 4 nitrogen and oxygen atoms in total. The molecule has 0 radical (unpaired) electrons. The predicted octanol–water partition coefficient (Wildman–Crippen LogP) is 2.30. The average molecular weight is 349 g/mol. The molecule has 0 aliphatic carbocycles. The molecule has 1 aromatic carbocycles. The van der Waals surface area contributed by atoms with Gasteiger partial charge in [0.05, 0.1) is 4.90 Å². The first-order valence-corrected chi connectivity index (χ1v) is 8.43. The lowest BCUT2D eigenvalue weighted by Gasteiger charge is -2.12. The highest BCUT2D eigenvalue weighted by molar-refractivity contribution is 9.10. The van der Waals surface area contributed by atoms with Gasteiger partial charge in [-0.3, -0.25) is 0 Å². The van der Waals surface area contributed by atoms with Crippen LogP contribution in [0.2, 0.25) is 0 Å². The number of rotatable bonds is 6. The van der Waals surface area contributed by atoms with E-state index in [1.165, 1.54) is 0 Å². The Hall–Kier alpha value is -0.430. The average Bonchev–Trinajstić information content (AvgIpc) is 2.29. The summed E-state index contributed by atoms with van der Waals surface area (Å²) < 4.78 is 28.0. The number of halogens is 1. The third kappa shape index (κ3) is 4.87. The Morgan fingerprint density at radius 2 is 1.84 bits per heavy atom. The number of nitrogens with zero attached hydrogens (tertiary/aromatic N) is 1. The number of hydrogen-bond donors (Lipinski definition) is 1. The highest BCUT2D eigenvalue weighted by atomic mass is 79.9. The first-order chi connectivity index (χ1) is 8.74. The highest BCUT2D eigenvalue weighted by Crippen LogP contribution is 2.24. The molecule has 0 atom stereocenters. The van der Waals surface area contributed by atoms with Crippen LogP contribution in [0.15, 0.2) is 21.5 Å². The number of aryl methyl sites for hydroxylation is 2. The van der Waals surface area contributed by atoms with Gasteiger partial charge in [0.1, 0.15) is 0 Å². The van der Waals surface area contributed by atoms with Crippen LogP contribution < -0.4 is 4.72 Å². The molecular weight excluding hydrogens is 328 g/mol. The van der Waals surface area contributed by atoms with Crippen LogP contribution in [0.25, 0.3) is 0 Å². The van der Waals surface area contributed by atoms with Crippen LogP contribution in [0.5, 0.6) is 0 Å². The molecule has 19 heavy (non-hydrogen) atoms. The zero-order chi connectivity index (χ0) is 14.6. The predicted molar refractivity (Wildman–Crippen MR) is 82.0 cm³/mol. The zero-order valence-electron chi connectivity index (χ0n) is 11.8. The number of benzene rings is 1. The Morgan fingerprint density at radius 3 is 2.42 bits per heavy atom. The maximum atomic E-state index is 12.2. The molecule has 1 rings (SSSR count). The third-order valence-corrected chi connectivity index (χ3v) is 5.28. The SMILES string of the molecule is Cc1cc(S(=O)(=O)NCCCN(C)C)c(C)cc1Br. The second-order valence-corrected chi connectivity index (χ2v) is 7.51. The van der Waals surface area contributed by atoms with Gasteiger partial charge in [0.2, 0.25) is 10.0 Å². The Balaban J connectivity index is 2.80. The largest absolute Gasteiger partial charge is 0.309 e. The van der Waals surface area contributed by atoms with E-state index in [9.17, 15) is 8.42 Å². The molecule has 0 amide bonds. The Morgan fingerprint density at radius 1 is 1.21 bits per heavy atom. The standard InChI is InChI=1S/C13H21BrN2O2S/c1-10-9-13(11(2)8-12(10)14)19(17,18)15-6-5-7-16(3)4/h8-9,15H,5-7H2,1-4H3. The van der Waals surface area contributed by atoms with E-state index in [2.05, 4.69) is 20.7 Å². The summed E-state index contributed by atoms with van der Waals surface area (Å²) in [4.78, 5) is 2.39. The summed E-state index contributed by atoms with van der Waals surface area (Å²) in [6, 6.07) is 3.54. The topological polar surface area (TPSA) is 49.4 Å². The van der Waals surface area contributed by atoms with Crippen LogP contribution in [-0.4, -0.2) is 40.5 Å². The summed E-state index contributed by atoms with van der Waals surface area (Å²) in [6.45, 7) is 5.00. The molecule has 0 saturated carbocycles. The lowest BCUT2D eigenvalue weighted by Crippen LogP contribution is -2.28. The Kier molecular flexibility index (Phi) is 5.98. The van der Waals surface area contributed by atoms with Crippen LogP contribution in [0.1, 0.15) is 17.5 Å². The summed E-state index contributed by atoms with van der Waals surface area (Å²) in [5, 5.41) is 0. The van der Waals surface area contributed by atoms with E-state index in [0.29, 0.717) is 11.4 Å². The molecule has 0 saturated heterocycles. The number of nitrogens with one attached hydrogen (secondary N) is 1. The fourth-order valence-electron chi connectivity index (χ4n) is 1.72. The fraction of sp³-hybridized carbons (Fsp3) is 0.538. The molecule has 0 spiro atoms. The first kappa shape index (κ1) is 16.6. The lowest BCUT2D eigenvalue weighted by atomic mass is 10.2. The molecule has 0 unspecified atom stereocenters. The molecule has 0 aliphatic heterocycles. The van der Waals surface area contributed by atoms with Crippen molar-refractivity contribution in [3.05, 3.63) is 27.7 Å². The highest BCUT2D eigenvalue weighted by Gasteiger charge is 2.17. The van der Waals surface area contributed by atoms with Crippen molar-refractivity contribution in [2.75, 3.05) is 27.2 Å². The lowest BCUT2D eigenvalue weighted by molar-refractivity contribution is 0.400. The summed E-state index contributed by atoms with van der Waals surface area (Å²) in [6.07, 6.45) is 0.792. The molecule has 0 aliphatic rings. The van der Waals surface area contributed by atoms with Crippen molar-refractivity contribution in [1.82, 2.24) is 9.62 Å². The fourth-order valence-corrected chi connectivity index (χ4v) is 3.56. The maximum Gasteiger partial charge on any atom is 0.240 e. The Labute approximate surface area is 124 Å². The van der Waals surface area contributed by atoms with Gasteiger partial charge < -0.3 is 4.90 Å². The Bertz CT molecular complexity index is 542. The summed E-state index contributed by atoms with van der Waals surface area (Å²) in [5.41, 5.74) is 1.66. The van der Waals surface area contributed by atoms with E-state index in [1.54, 1.807) is 13.0 Å². The molecule has 0 aromatic heterocycles. The third-order valence-electron chi connectivity index (χ3n) is 2.82.